The van der Waals surface area contributed by atoms with Gasteiger partial charge < -0.3 is 5.32 Å². The second kappa shape index (κ2) is 4.10. The predicted molar refractivity (Wildman–Crippen MR) is 49.6 cm³/mol. The monoisotopic (exact) mass is 155 g/mol. The molecule has 1 saturated carbocycles. The first-order valence-corrected chi connectivity index (χ1v) is 5.03. The Kier molecular flexibility index (Phi) is 3.38. The lowest BCUT2D eigenvalue weighted by Gasteiger charge is -2.40. The highest BCUT2D eigenvalue weighted by atomic mass is 14.9. The van der Waals surface area contributed by atoms with Crippen LogP contribution in [0.4, 0.5) is 0 Å². The van der Waals surface area contributed by atoms with Crippen LogP contribution < -0.4 is 5.32 Å². The molecule has 1 aliphatic carbocycles. The minimum atomic E-state index is 0.749. The van der Waals surface area contributed by atoms with E-state index in [0.717, 1.165) is 24.4 Å². The van der Waals surface area contributed by atoms with Crippen LogP contribution in [0.1, 0.15) is 40.0 Å². The maximum absolute atomic E-state index is 3.51. The molecule has 66 valence electrons. The Morgan fingerprint density at radius 2 is 2.09 bits per heavy atom. The largest absolute Gasteiger partial charge is 0.314 e. The normalized spacial score (nSPS) is 33.0. The van der Waals surface area contributed by atoms with Gasteiger partial charge >= 0.3 is 0 Å². The molecule has 3 atom stereocenters. The topological polar surface area (TPSA) is 12.0 Å². The van der Waals surface area contributed by atoms with E-state index in [9.17, 15) is 0 Å². The van der Waals surface area contributed by atoms with Crippen LogP contribution in [-0.2, 0) is 0 Å². The first kappa shape index (κ1) is 9.05. The van der Waals surface area contributed by atoms with Crippen molar-refractivity contribution in [1.29, 1.82) is 0 Å². The van der Waals surface area contributed by atoms with Gasteiger partial charge in [-0.05, 0) is 38.1 Å². The SMILES string of the molecule is CCN[C@H](C)[C@H]1CCC1CC. The molecule has 11 heavy (non-hydrogen) atoms. The summed E-state index contributed by atoms with van der Waals surface area (Å²) in [6.45, 7) is 7.95. The van der Waals surface area contributed by atoms with Gasteiger partial charge in [0.2, 0.25) is 0 Å². The second-order valence-electron chi connectivity index (χ2n) is 3.76. The van der Waals surface area contributed by atoms with Crippen molar-refractivity contribution in [2.75, 3.05) is 6.54 Å². The fourth-order valence-corrected chi connectivity index (χ4v) is 2.23. The number of hydrogen-bond acceptors (Lipinski definition) is 1. The van der Waals surface area contributed by atoms with Crippen molar-refractivity contribution < 1.29 is 0 Å². The fourth-order valence-electron chi connectivity index (χ4n) is 2.23. The molecule has 0 spiro atoms. The van der Waals surface area contributed by atoms with E-state index in [1.807, 2.05) is 0 Å². The van der Waals surface area contributed by atoms with Gasteiger partial charge in [0.1, 0.15) is 0 Å². The Morgan fingerprint density at radius 3 is 2.45 bits per heavy atom. The molecule has 0 aliphatic heterocycles. The zero-order valence-corrected chi connectivity index (χ0v) is 8.06. The van der Waals surface area contributed by atoms with Crippen molar-refractivity contribution in [2.45, 2.75) is 46.1 Å². The summed E-state index contributed by atoms with van der Waals surface area (Å²) in [6, 6.07) is 0.749. The molecule has 1 heteroatoms. The van der Waals surface area contributed by atoms with Gasteiger partial charge in [-0.1, -0.05) is 20.3 Å². The summed E-state index contributed by atoms with van der Waals surface area (Å²) in [4.78, 5) is 0. The summed E-state index contributed by atoms with van der Waals surface area (Å²) < 4.78 is 0. The number of hydrogen-bond donors (Lipinski definition) is 1. The second-order valence-corrected chi connectivity index (χ2v) is 3.76. The van der Waals surface area contributed by atoms with E-state index in [1.54, 1.807) is 0 Å². The molecule has 1 nitrogen and oxygen atoms in total. The minimum absolute atomic E-state index is 0.749. The van der Waals surface area contributed by atoms with Crippen molar-refractivity contribution in [3.63, 3.8) is 0 Å². The summed E-state index contributed by atoms with van der Waals surface area (Å²) in [5.74, 6) is 1.99. The van der Waals surface area contributed by atoms with Gasteiger partial charge in [-0.2, -0.15) is 0 Å². The van der Waals surface area contributed by atoms with Crippen LogP contribution in [0.15, 0.2) is 0 Å². The van der Waals surface area contributed by atoms with Crippen molar-refractivity contribution in [3.05, 3.63) is 0 Å². The van der Waals surface area contributed by atoms with E-state index in [-0.39, 0.29) is 0 Å². The van der Waals surface area contributed by atoms with E-state index in [0.29, 0.717) is 0 Å². The molecular formula is C10H21N. The van der Waals surface area contributed by atoms with Crippen LogP contribution in [0.5, 0.6) is 0 Å². The molecule has 1 aliphatic rings. The molecule has 1 unspecified atom stereocenters. The van der Waals surface area contributed by atoms with Gasteiger partial charge in [0.25, 0.3) is 0 Å². The highest BCUT2D eigenvalue weighted by molar-refractivity contribution is 4.86. The standard InChI is InChI=1S/C10H21N/c1-4-9-6-7-10(9)8(3)11-5-2/h8-11H,4-7H2,1-3H3/t8-,9?,10-/m1/s1. The van der Waals surface area contributed by atoms with Crippen molar-refractivity contribution in [3.8, 4) is 0 Å². The molecule has 1 fully saturated rings. The van der Waals surface area contributed by atoms with Gasteiger partial charge in [0.05, 0.1) is 0 Å². The zero-order chi connectivity index (χ0) is 8.27. The first-order valence-electron chi connectivity index (χ1n) is 5.03. The number of nitrogens with one attached hydrogen (secondary N) is 1. The Labute approximate surface area is 70.6 Å². The number of rotatable bonds is 4. The fraction of sp³-hybridized carbons (Fsp3) is 1.00. The minimum Gasteiger partial charge on any atom is -0.314 e. The highest BCUT2D eigenvalue weighted by Gasteiger charge is 2.32. The molecule has 0 bridgehead atoms. The van der Waals surface area contributed by atoms with E-state index in [1.165, 1.54) is 19.3 Å². The van der Waals surface area contributed by atoms with E-state index in [4.69, 9.17) is 0 Å². The van der Waals surface area contributed by atoms with Crippen LogP contribution in [0, 0.1) is 11.8 Å². The molecule has 0 aromatic rings. The lowest BCUT2D eigenvalue weighted by atomic mass is 9.69. The van der Waals surface area contributed by atoms with Gasteiger partial charge in [0.15, 0.2) is 0 Å². The zero-order valence-electron chi connectivity index (χ0n) is 8.06. The lowest BCUT2D eigenvalue weighted by Crippen LogP contribution is -2.42. The molecule has 0 amide bonds. The molecule has 1 rings (SSSR count). The highest BCUT2D eigenvalue weighted by Crippen LogP contribution is 2.38. The van der Waals surface area contributed by atoms with Crippen molar-refractivity contribution >= 4 is 0 Å². The van der Waals surface area contributed by atoms with Crippen LogP contribution in [-0.4, -0.2) is 12.6 Å². The lowest BCUT2D eigenvalue weighted by molar-refractivity contribution is 0.128. The molecular weight excluding hydrogens is 134 g/mol. The molecule has 0 saturated heterocycles. The predicted octanol–water partition coefficient (Wildman–Crippen LogP) is 2.42. The smallest absolute Gasteiger partial charge is 0.00695 e. The quantitative estimate of drug-likeness (QED) is 0.657. The maximum Gasteiger partial charge on any atom is 0.00695 e. The molecule has 0 radical (unpaired) electrons. The Balaban J connectivity index is 2.24. The Bertz CT molecular complexity index is 109. The molecule has 1 N–H and O–H groups in total. The summed E-state index contributed by atoms with van der Waals surface area (Å²) >= 11 is 0. The summed E-state index contributed by atoms with van der Waals surface area (Å²) in [6.07, 6.45) is 4.30. The third-order valence-corrected chi connectivity index (χ3v) is 3.17. The van der Waals surface area contributed by atoms with Gasteiger partial charge in [-0.25, -0.2) is 0 Å². The molecule has 0 aromatic heterocycles. The van der Waals surface area contributed by atoms with Crippen LogP contribution in [0.25, 0.3) is 0 Å². The van der Waals surface area contributed by atoms with Gasteiger partial charge in [0, 0.05) is 6.04 Å². The van der Waals surface area contributed by atoms with Crippen LogP contribution >= 0.6 is 0 Å². The summed E-state index contributed by atoms with van der Waals surface area (Å²) in [5.41, 5.74) is 0. The third-order valence-electron chi connectivity index (χ3n) is 3.17. The van der Waals surface area contributed by atoms with Crippen LogP contribution in [0.2, 0.25) is 0 Å². The first-order chi connectivity index (χ1) is 5.29. The van der Waals surface area contributed by atoms with Crippen molar-refractivity contribution in [2.24, 2.45) is 11.8 Å². The van der Waals surface area contributed by atoms with Crippen molar-refractivity contribution in [1.82, 2.24) is 5.32 Å². The Hall–Kier alpha value is -0.0400. The maximum atomic E-state index is 3.51. The average Bonchev–Trinajstić information content (AvgIpc) is 1.86. The molecule has 0 heterocycles. The van der Waals surface area contributed by atoms with Crippen LogP contribution in [0.3, 0.4) is 0 Å². The van der Waals surface area contributed by atoms with Gasteiger partial charge in [-0.3, -0.25) is 0 Å². The average molecular weight is 155 g/mol. The van der Waals surface area contributed by atoms with E-state index >= 15 is 0 Å². The van der Waals surface area contributed by atoms with E-state index in [2.05, 4.69) is 26.1 Å². The summed E-state index contributed by atoms with van der Waals surface area (Å²) in [5, 5.41) is 3.51. The molecule has 0 aromatic carbocycles. The Morgan fingerprint density at radius 1 is 1.36 bits per heavy atom. The summed E-state index contributed by atoms with van der Waals surface area (Å²) in [7, 11) is 0. The van der Waals surface area contributed by atoms with Gasteiger partial charge in [-0.15, -0.1) is 0 Å². The third kappa shape index (κ3) is 1.96. The van der Waals surface area contributed by atoms with E-state index < -0.39 is 0 Å².